The number of aromatic amines is 1. The summed E-state index contributed by atoms with van der Waals surface area (Å²) in [6.07, 6.45) is 6.55. The Balaban J connectivity index is 1.62. The van der Waals surface area contributed by atoms with Crippen LogP contribution in [0.3, 0.4) is 0 Å². The fourth-order valence-electron chi connectivity index (χ4n) is 5.17. The third-order valence-corrected chi connectivity index (χ3v) is 8.85. The molecule has 10 nitrogen and oxygen atoms in total. The van der Waals surface area contributed by atoms with Crippen LogP contribution in [0.25, 0.3) is 16.9 Å². The number of halogens is 1. The highest BCUT2D eigenvalue weighted by molar-refractivity contribution is 7.92. The summed E-state index contributed by atoms with van der Waals surface area (Å²) in [6.45, 7) is 3.96. The predicted octanol–water partition coefficient (Wildman–Crippen LogP) is 5.69. The molecular formula is C28H32ClN5O5S. The molecule has 0 atom stereocenters. The summed E-state index contributed by atoms with van der Waals surface area (Å²) >= 11 is 6.24. The monoisotopic (exact) mass is 585 g/mol. The van der Waals surface area contributed by atoms with Crippen molar-refractivity contribution < 1.29 is 17.9 Å². The third-order valence-electron chi connectivity index (χ3n) is 7.16. The van der Waals surface area contributed by atoms with Gasteiger partial charge in [-0.2, -0.15) is 0 Å². The fourth-order valence-corrected chi connectivity index (χ4v) is 6.49. The van der Waals surface area contributed by atoms with Gasteiger partial charge in [-0.15, -0.1) is 5.10 Å². The molecule has 1 aliphatic carbocycles. The number of nitrogens with zero attached hydrogens (tertiary/aromatic N) is 3. The highest BCUT2D eigenvalue weighted by Crippen LogP contribution is 2.34. The van der Waals surface area contributed by atoms with Crippen molar-refractivity contribution in [3.63, 3.8) is 0 Å². The Hall–Kier alpha value is -3.57. The number of methoxy groups -OCH3 is 1. The van der Waals surface area contributed by atoms with Crippen LogP contribution in [0.5, 0.6) is 11.5 Å². The van der Waals surface area contributed by atoms with Crippen LogP contribution in [0.15, 0.2) is 46.1 Å². The van der Waals surface area contributed by atoms with Crippen LogP contribution in [0.1, 0.15) is 62.9 Å². The predicted molar refractivity (Wildman–Crippen MR) is 154 cm³/mol. The number of nitrogens with one attached hydrogen (secondary N) is 2. The smallest absolute Gasteiger partial charge is 0.277 e. The number of H-pyrrole nitrogens is 1. The Morgan fingerprint density at radius 3 is 2.58 bits per heavy atom. The van der Waals surface area contributed by atoms with Crippen molar-refractivity contribution >= 4 is 32.8 Å². The maximum atomic E-state index is 13.4. The van der Waals surface area contributed by atoms with Gasteiger partial charge in [-0.25, -0.2) is 17.9 Å². The quantitative estimate of drug-likeness (QED) is 0.254. The number of hydrogen-bond donors (Lipinski definition) is 2. The summed E-state index contributed by atoms with van der Waals surface area (Å²) in [6, 6.07) is 9.09. The fraction of sp³-hybridized carbons (Fsp3) is 0.393. The van der Waals surface area contributed by atoms with Gasteiger partial charge in [-0.1, -0.05) is 37.3 Å². The normalized spacial score (nSPS) is 14.7. The molecule has 0 unspecified atom stereocenters. The molecule has 1 fully saturated rings. The van der Waals surface area contributed by atoms with E-state index >= 15 is 0 Å². The average Bonchev–Trinajstić information content (AvgIpc) is 3.08. The number of fused-ring (bicyclic) bond motifs is 1. The van der Waals surface area contributed by atoms with E-state index in [-0.39, 0.29) is 32.9 Å². The lowest BCUT2D eigenvalue weighted by Crippen LogP contribution is -2.17. The molecule has 4 aromatic rings. The number of imidazole rings is 1. The third kappa shape index (κ3) is 5.53. The van der Waals surface area contributed by atoms with Crippen molar-refractivity contribution in [3.05, 3.63) is 63.3 Å². The van der Waals surface area contributed by atoms with Gasteiger partial charge in [0.15, 0.2) is 11.3 Å². The molecule has 0 amide bonds. The minimum Gasteiger partial charge on any atom is -0.497 e. The van der Waals surface area contributed by atoms with E-state index in [0.717, 1.165) is 31.5 Å². The van der Waals surface area contributed by atoms with Gasteiger partial charge in [0.2, 0.25) is 0 Å². The number of aromatic nitrogens is 4. The van der Waals surface area contributed by atoms with Crippen LogP contribution in [-0.2, 0) is 10.0 Å². The van der Waals surface area contributed by atoms with Gasteiger partial charge in [0.05, 0.1) is 40.6 Å². The Morgan fingerprint density at radius 1 is 1.12 bits per heavy atom. The van der Waals surface area contributed by atoms with E-state index in [0.29, 0.717) is 34.9 Å². The number of aryl methyl sites for hydroxylation is 1. The molecule has 0 aliphatic heterocycles. The van der Waals surface area contributed by atoms with Gasteiger partial charge in [0, 0.05) is 12.0 Å². The van der Waals surface area contributed by atoms with Gasteiger partial charge >= 0.3 is 0 Å². The number of sulfonamides is 1. The highest BCUT2D eigenvalue weighted by Gasteiger charge is 2.25. The van der Waals surface area contributed by atoms with Crippen molar-refractivity contribution in [3.8, 4) is 22.9 Å². The number of hydrogen-bond acceptors (Lipinski definition) is 7. The molecule has 0 radical (unpaired) electrons. The molecular weight excluding hydrogens is 554 g/mol. The van der Waals surface area contributed by atoms with E-state index in [1.165, 1.54) is 38.2 Å². The summed E-state index contributed by atoms with van der Waals surface area (Å²) in [7, 11) is -2.61. The lowest BCUT2D eigenvalue weighted by atomic mass is 10.00. The topological polar surface area (TPSA) is 128 Å². The van der Waals surface area contributed by atoms with Crippen molar-refractivity contribution in [1.82, 2.24) is 19.6 Å². The molecule has 212 valence electrons. The Bertz CT molecular complexity index is 1710. The number of anilines is 1. The van der Waals surface area contributed by atoms with Crippen molar-refractivity contribution in [2.75, 3.05) is 18.4 Å². The maximum absolute atomic E-state index is 13.4. The van der Waals surface area contributed by atoms with E-state index < -0.39 is 10.0 Å². The molecule has 2 aromatic heterocycles. The molecule has 1 aliphatic rings. The van der Waals surface area contributed by atoms with Crippen LogP contribution in [0.2, 0.25) is 5.02 Å². The van der Waals surface area contributed by atoms with E-state index in [9.17, 15) is 13.2 Å². The first-order valence-corrected chi connectivity index (χ1v) is 15.2. The zero-order valence-corrected chi connectivity index (χ0v) is 24.2. The average molecular weight is 586 g/mol. The molecule has 0 saturated heterocycles. The first-order valence-electron chi connectivity index (χ1n) is 13.3. The van der Waals surface area contributed by atoms with Crippen molar-refractivity contribution in [1.29, 1.82) is 0 Å². The number of rotatable bonds is 8. The SMILES string of the molecule is CCOc1ccc(S(=O)(=O)Nc2cc(OC)ccc2Cl)cc1-c1nn2c(C3CCCCCC3)nc(C)c2c(=O)[nH]1. The van der Waals surface area contributed by atoms with Crippen molar-refractivity contribution in [2.45, 2.75) is 63.2 Å². The molecule has 5 rings (SSSR count). The van der Waals surface area contributed by atoms with E-state index in [4.69, 9.17) is 31.2 Å². The van der Waals surface area contributed by atoms with Crippen molar-refractivity contribution in [2.24, 2.45) is 0 Å². The van der Waals surface area contributed by atoms with Crippen LogP contribution in [-0.4, -0.2) is 41.7 Å². The van der Waals surface area contributed by atoms with E-state index in [1.54, 1.807) is 29.6 Å². The lowest BCUT2D eigenvalue weighted by Gasteiger charge is -2.15. The van der Waals surface area contributed by atoms with Crippen LogP contribution in [0, 0.1) is 6.92 Å². The first kappa shape index (κ1) is 28.0. The summed E-state index contributed by atoms with van der Waals surface area (Å²) in [4.78, 5) is 20.8. The van der Waals surface area contributed by atoms with Gasteiger partial charge in [-0.05, 0) is 57.0 Å². The highest BCUT2D eigenvalue weighted by atomic mass is 35.5. The zero-order chi connectivity index (χ0) is 28.4. The molecule has 0 spiro atoms. The van der Waals surface area contributed by atoms with Gasteiger partial charge in [-0.3, -0.25) is 9.52 Å². The van der Waals surface area contributed by atoms with Crippen LogP contribution in [0.4, 0.5) is 5.69 Å². The Morgan fingerprint density at radius 2 is 1.88 bits per heavy atom. The standard InChI is InChI=1S/C28H32ClN5O5S/c1-4-39-24-14-12-20(40(36,37)33-23-15-19(38-3)11-13-22(23)29)16-21(24)26-31-28(35)25-17(2)30-27(34(25)32-26)18-9-7-5-6-8-10-18/h11-16,18,33H,4-10H2,1-3H3,(H,31,32,35). The molecule has 2 heterocycles. The molecule has 1 saturated carbocycles. The zero-order valence-electron chi connectivity index (χ0n) is 22.7. The summed E-state index contributed by atoms with van der Waals surface area (Å²) < 4.78 is 42.0. The minimum absolute atomic E-state index is 0.0570. The summed E-state index contributed by atoms with van der Waals surface area (Å²) in [5.41, 5.74) is 1.15. The Labute approximate surface area is 237 Å². The molecule has 0 bridgehead atoms. The van der Waals surface area contributed by atoms with Crippen LogP contribution >= 0.6 is 11.6 Å². The molecule has 2 N–H and O–H groups in total. The van der Waals surface area contributed by atoms with Crippen LogP contribution < -0.4 is 19.8 Å². The number of ether oxygens (including phenoxy) is 2. The molecule has 2 aromatic carbocycles. The van der Waals surface area contributed by atoms with E-state index in [2.05, 4.69) is 9.71 Å². The summed E-state index contributed by atoms with van der Waals surface area (Å²) in [5, 5.41) is 5.00. The first-order chi connectivity index (χ1) is 19.2. The number of benzene rings is 2. The molecule has 12 heteroatoms. The maximum Gasteiger partial charge on any atom is 0.277 e. The van der Waals surface area contributed by atoms with Gasteiger partial charge < -0.3 is 14.5 Å². The minimum atomic E-state index is -4.09. The second-order valence-electron chi connectivity index (χ2n) is 9.85. The lowest BCUT2D eigenvalue weighted by molar-refractivity contribution is 0.341. The van der Waals surface area contributed by atoms with Gasteiger partial charge in [0.1, 0.15) is 17.3 Å². The van der Waals surface area contributed by atoms with Gasteiger partial charge in [0.25, 0.3) is 15.6 Å². The van der Waals surface area contributed by atoms with E-state index in [1.807, 2.05) is 6.92 Å². The molecule has 40 heavy (non-hydrogen) atoms. The second kappa shape index (κ2) is 11.5. The Kier molecular flexibility index (Phi) is 8.04. The largest absolute Gasteiger partial charge is 0.497 e. The second-order valence-corrected chi connectivity index (χ2v) is 11.9. The summed E-state index contributed by atoms with van der Waals surface area (Å²) in [5.74, 6) is 1.98.